The van der Waals surface area contributed by atoms with Crippen molar-refractivity contribution in [2.24, 2.45) is 0 Å². The van der Waals surface area contributed by atoms with Crippen molar-refractivity contribution in [2.45, 2.75) is 25.1 Å². The Labute approximate surface area is 74.4 Å². The second kappa shape index (κ2) is 3.54. The number of aryl methyl sites for hydroxylation is 1. The van der Waals surface area contributed by atoms with Gasteiger partial charge in [-0.25, -0.2) is 0 Å². The molecule has 0 saturated heterocycles. The maximum absolute atomic E-state index is 3.61. The Bertz CT molecular complexity index is 205. The minimum absolute atomic E-state index is 0.561. The average molecular weight is 219 g/mol. The van der Waals surface area contributed by atoms with Crippen LogP contribution in [-0.4, -0.2) is 0 Å². The molecule has 0 fully saturated rings. The second-order valence-corrected chi connectivity index (χ2v) is 4.75. The standard InChI is InChI=1S/C8H11BrS/c1-3-7(9)8-5-4-6(2)10-8/h4-5,7H,3H2,1-2H3. The van der Waals surface area contributed by atoms with Crippen LogP contribution >= 0.6 is 27.3 Å². The Morgan fingerprint density at radius 3 is 2.70 bits per heavy atom. The van der Waals surface area contributed by atoms with Gasteiger partial charge in [0.05, 0.1) is 0 Å². The van der Waals surface area contributed by atoms with E-state index in [0.29, 0.717) is 4.83 Å². The zero-order chi connectivity index (χ0) is 7.56. The van der Waals surface area contributed by atoms with Gasteiger partial charge in [-0.05, 0) is 25.5 Å². The predicted octanol–water partition coefficient (Wildman–Crippen LogP) is 3.90. The van der Waals surface area contributed by atoms with Gasteiger partial charge in [-0.15, -0.1) is 11.3 Å². The molecule has 0 N–H and O–H groups in total. The van der Waals surface area contributed by atoms with Crippen LogP contribution in [0.3, 0.4) is 0 Å². The van der Waals surface area contributed by atoms with Gasteiger partial charge in [0.15, 0.2) is 0 Å². The molecule has 1 rings (SSSR count). The summed E-state index contributed by atoms with van der Waals surface area (Å²) < 4.78 is 0. The number of hydrogen-bond acceptors (Lipinski definition) is 1. The van der Waals surface area contributed by atoms with E-state index >= 15 is 0 Å². The fraction of sp³-hybridized carbons (Fsp3) is 0.500. The fourth-order valence-corrected chi connectivity index (χ4v) is 2.19. The highest BCUT2D eigenvalue weighted by Crippen LogP contribution is 2.31. The third kappa shape index (κ3) is 1.83. The lowest BCUT2D eigenvalue weighted by molar-refractivity contribution is 0.929. The molecule has 0 bridgehead atoms. The molecule has 1 heterocycles. The van der Waals surface area contributed by atoms with Gasteiger partial charge in [-0.1, -0.05) is 22.9 Å². The Hall–Kier alpha value is 0.180. The summed E-state index contributed by atoms with van der Waals surface area (Å²) in [6, 6.07) is 4.37. The van der Waals surface area contributed by atoms with E-state index < -0.39 is 0 Å². The smallest absolute Gasteiger partial charge is 0.0486 e. The predicted molar refractivity (Wildman–Crippen MR) is 51.0 cm³/mol. The fourth-order valence-electron chi connectivity index (χ4n) is 0.823. The van der Waals surface area contributed by atoms with E-state index in [2.05, 4.69) is 41.9 Å². The monoisotopic (exact) mass is 218 g/mol. The van der Waals surface area contributed by atoms with Gasteiger partial charge < -0.3 is 0 Å². The maximum Gasteiger partial charge on any atom is 0.0486 e. The van der Waals surface area contributed by atoms with Crippen molar-refractivity contribution in [1.82, 2.24) is 0 Å². The number of thiophene rings is 1. The van der Waals surface area contributed by atoms with Crippen LogP contribution < -0.4 is 0 Å². The van der Waals surface area contributed by atoms with Gasteiger partial charge >= 0.3 is 0 Å². The molecule has 0 aromatic carbocycles. The molecule has 1 unspecified atom stereocenters. The second-order valence-electron chi connectivity index (χ2n) is 2.32. The molecule has 1 aromatic heterocycles. The normalized spacial score (nSPS) is 13.5. The Kier molecular flexibility index (Phi) is 2.93. The van der Waals surface area contributed by atoms with Crippen LogP contribution in [0.2, 0.25) is 0 Å². The molecule has 0 radical (unpaired) electrons. The molecular formula is C8H11BrS. The van der Waals surface area contributed by atoms with Crippen molar-refractivity contribution in [1.29, 1.82) is 0 Å². The molecule has 0 aliphatic heterocycles. The van der Waals surface area contributed by atoms with Gasteiger partial charge in [-0.2, -0.15) is 0 Å². The molecule has 2 heteroatoms. The van der Waals surface area contributed by atoms with E-state index in [-0.39, 0.29) is 0 Å². The highest BCUT2D eigenvalue weighted by molar-refractivity contribution is 9.09. The van der Waals surface area contributed by atoms with Gasteiger partial charge in [0, 0.05) is 14.6 Å². The topological polar surface area (TPSA) is 0 Å². The van der Waals surface area contributed by atoms with Gasteiger partial charge in [0.25, 0.3) is 0 Å². The van der Waals surface area contributed by atoms with Crippen molar-refractivity contribution in [3.63, 3.8) is 0 Å². The third-order valence-corrected chi connectivity index (χ3v) is 3.99. The number of halogens is 1. The third-order valence-electron chi connectivity index (χ3n) is 1.43. The van der Waals surface area contributed by atoms with Crippen LogP contribution in [0.1, 0.15) is 27.9 Å². The van der Waals surface area contributed by atoms with Crippen LogP contribution in [0.4, 0.5) is 0 Å². The molecule has 1 atom stereocenters. The summed E-state index contributed by atoms with van der Waals surface area (Å²) in [6.07, 6.45) is 1.17. The molecule has 0 aliphatic carbocycles. The van der Waals surface area contributed by atoms with Crippen LogP contribution in [0.5, 0.6) is 0 Å². The van der Waals surface area contributed by atoms with E-state index in [1.54, 1.807) is 0 Å². The molecule has 0 spiro atoms. The van der Waals surface area contributed by atoms with Crippen molar-refractivity contribution < 1.29 is 0 Å². The Morgan fingerprint density at radius 1 is 1.60 bits per heavy atom. The minimum atomic E-state index is 0.561. The van der Waals surface area contributed by atoms with E-state index in [4.69, 9.17) is 0 Å². The highest BCUT2D eigenvalue weighted by atomic mass is 79.9. The first kappa shape index (κ1) is 8.28. The number of alkyl halides is 1. The van der Waals surface area contributed by atoms with Crippen LogP contribution in [0.15, 0.2) is 12.1 Å². The summed E-state index contributed by atoms with van der Waals surface area (Å²) in [4.78, 5) is 3.40. The van der Waals surface area contributed by atoms with Gasteiger partial charge in [-0.3, -0.25) is 0 Å². The lowest BCUT2D eigenvalue weighted by Gasteiger charge is -2.00. The SMILES string of the molecule is CCC(Br)c1ccc(C)s1. The molecule has 0 amide bonds. The first-order valence-electron chi connectivity index (χ1n) is 3.44. The van der Waals surface area contributed by atoms with E-state index in [1.807, 2.05) is 11.3 Å². The molecule has 0 saturated carbocycles. The molecular weight excluding hydrogens is 208 g/mol. The summed E-state index contributed by atoms with van der Waals surface area (Å²) in [7, 11) is 0. The summed E-state index contributed by atoms with van der Waals surface area (Å²) >= 11 is 5.48. The molecule has 10 heavy (non-hydrogen) atoms. The van der Waals surface area contributed by atoms with Crippen molar-refractivity contribution in [3.05, 3.63) is 21.9 Å². The van der Waals surface area contributed by atoms with Gasteiger partial charge in [0.2, 0.25) is 0 Å². The van der Waals surface area contributed by atoms with Gasteiger partial charge in [0.1, 0.15) is 0 Å². The van der Waals surface area contributed by atoms with Crippen LogP contribution in [0.25, 0.3) is 0 Å². The largest absolute Gasteiger partial charge is 0.145 e. The quantitative estimate of drug-likeness (QED) is 0.661. The van der Waals surface area contributed by atoms with Crippen LogP contribution in [-0.2, 0) is 0 Å². The average Bonchev–Trinajstić information content (AvgIpc) is 2.34. The summed E-state index contributed by atoms with van der Waals surface area (Å²) in [6.45, 7) is 4.33. The lowest BCUT2D eigenvalue weighted by atomic mass is 10.3. The lowest BCUT2D eigenvalue weighted by Crippen LogP contribution is -1.79. The number of hydrogen-bond donors (Lipinski definition) is 0. The Balaban J connectivity index is 2.74. The van der Waals surface area contributed by atoms with E-state index in [9.17, 15) is 0 Å². The number of rotatable bonds is 2. The highest BCUT2D eigenvalue weighted by Gasteiger charge is 2.05. The molecule has 56 valence electrons. The minimum Gasteiger partial charge on any atom is -0.145 e. The zero-order valence-corrected chi connectivity index (χ0v) is 8.63. The summed E-state index contributed by atoms with van der Waals surface area (Å²) in [5, 5.41) is 0. The summed E-state index contributed by atoms with van der Waals surface area (Å²) in [5.74, 6) is 0. The van der Waals surface area contributed by atoms with Crippen molar-refractivity contribution in [3.8, 4) is 0 Å². The first-order chi connectivity index (χ1) is 4.74. The van der Waals surface area contributed by atoms with E-state index in [0.717, 1.165) is 0 Å². The molecule has 0 aliphatic rings. The first-order valence-corrected chi connectivity index (χ1v) is 5.17. The zero-order valence-electron chi connectivity index (χ0n) is 6.23. The van der Waals surface area contributed by atoms with E-state index in [1.165, 1.54) is 16.2 Å². The maximum atomic E-state index is 3.61. The molecule has 1 aromatic rings. The Morgan fingerprint density at radius 2 is 2.30 bits per heavy atom. The van der Waals surface area contributed by atoms with Crippen molar-refractivity contribution >= 4 is 27.3 Å². The van der Waals surface area contributed by atoms with Crippen molar-refractivity contribution in [2.75, 3.05) is 0 Å². The molecule has 0 nitrogen and oxygen atoms in total. The van der Waals surface area contributed by atoms with Crippen LogP contribution in [0, 0.1) is 6.92 Å². The summed E-state index contributed by atoms with van der Waals surface area (Å²) in [5.41, 5.74) is 0.